The van der Waals surface area contributed by atoms with Gasteiger partial charge in [0.25, 0.3) is 0 Å². The first-order chi connectivity index (χ1) is 5.88. The molecule has 0 radical (unpaired) electrons. The Bertz CT molecular complexity index is 139. The lowest BCUT2D eigenvalue weighted by Gasteiger charge is -2.40. The van der Waals surface area contributed by atoms with Crippen LogP contribution in [-0.4, -0.2) is 24.8 Å². The van der Waals surface area contributed by atoms with Crippen LogP contribution in [-0.2, 0) is 4.74 Å². The predicted molar refractivity (Wildman–Crippen MR) is 49.2 cm³/mol. The third-order valence-corrected chi connectivity index (χ3v) is 3.07. The minimum absolute atomic E-state index is 0.563. The molecule has 2 rings (SSSR count). The number of nitrogens with one attached hydrogen (secondary N) is 1. The van der Waals surface area contributed by atoms with E-state index in [1.165, 1.54) is 32.1 Å². The van der Waals surface area contributed by atoms with Crippen LogP contribution in [0.15, 0.2) is 0 Å². The van der Waals surface area contributed by atoms with E-state index in [2.05, 4.69) is 12.2 Å². The maximum Gasteiger partial charge on any atom is 0.0604 e. The Morgan fingerprint density at radius 1 is 1.25 bits per heavy atom. The molecule has 0 amide bonds. The van der Waals surface area contributed by atoms with E-state index in [1.807, 2.05) is 0 Å². The van der Waals surface area contributed by atoms with Gasteiger partial charge in [0, 0.05) is 18.7 Å². The second-order valence-electron chi connectivity index (χ2n) is 4.04. The Balaban J connectivity index is 1.55. The molecule has 0 unspecified atom stereocenters. The fourth-order valence-electron chi connectivity index (χ4n) is 1.98. The lowest BCUT2D eigenvalue weighted by Crippen LogP contribution is -2.51. The third kappa shape index (κ3) is 1.80. The molecule has 0 heterocycles. The van der Waals surface area contributed by atoms with Crippen molar-refractivity contribution in [3.8, 4) is 0 Å². The van der Waals surface area contributed by atoms with Crippen LogP contribution >= 0.6 is 0 Å². The molecule has 0 aromatic carbocycles. The van der Waals surface area contributed by atoms with E-state index in [9.17, 15) is 0 Å². The summed E-state index contributed by atoms with van der Waals surface area (Å²) in [6, 6.07) is 1.62. The Hall–Kier alpha value is -0.0800. The molecule has 2 nitrogen and oxygen atoms in total. The van der Waals surface area contributed by atoms with Crippen LogP contribution in [0.2, 0.25) is 0 Å². The van der Waals surface area contributed by atoms with Crippen molar-refractivity contribution in [2.24, 2.45) is 0 Å². The van der Waals surface area contributed by atoms with Crippen LogP contribution in [0.3, 0.4) is 0 Å². The van der Waals surface area contributed by atoms with Gasteiger partial charge in [-0.2, -0.15) is 0 Å². The van der Waals surface area contributed by atoms with Crippen LogP contribution < -0.4 is 5.32 Å². The number of rotatable bonds is 4. The lowest BCUT2D eigenvalue weighted by atomic mass is 9.85. The molecule has 0 aromatic heterocycles. The van der Waals surface area contributed by atoms with Gasteiger partial charge in [0.15, 0.2) is 0 Å². The van der Waals surface area contributed by atoms with E-state index >= 15 is 0 Å². The molecule has 70 valence electrons. The highest BCUT2D eigenvalue weighted by Gasteiger charge is 2.32. The minimum Gasteiger partial charge on any atom is -0.378 e. The van der Waals surface area contributed by atoms with Gasteiger partial charge in [0.2, 0.25) is 0 Å². The Labute approximate surface area is 74.7 Å². The first-order valence-electron chi connectivity index (χ1n) is 5.26. The highest BCUT2D eigenvalue weighted by atomic mass is 16.5. The minimum atomic E-state index is 0.563. The molecule has 0 saturated heterocycles. The zero-order chi connectivity index (χ0) is 8.39. The molecule has 0 bridgehead atoms. The van der Waals surface area contributed by atoms with Crippen molar-refractivity contribution in [2.75, 3.05) is 6.61 Å². The summed E-state index contributed by atoms with van der Waals surface area (Å²) >= 11 is 0. The van der Waals surface area contributed by atoms with Gasteiger partial charge in [-0.3, -0.25) is 0 Å². The molecular formula is C10H19NO. The van der Waals surface area contributed by atoms with Crippen LogP contribution in [0.5, 0.6) is 0 Å². The Morgan fingerprint density at radius 2 is 2.00 bits per heavy atom. The predicted octanol–water partition coefficient (Wildman–Crippen LogP) is 1.70. The van der Waals surface area contributed by atoms with Gasteiger partial charge in [-0.1, -0.05) is 6.42 Å². The van der Waals surface area contributed by atoms with E-state index in [0.717, 1.165) is 18.7 Å². The first kappa shape index (κ1) is 8.52. The first-order valence-corrected chi connectivity index (χ1v) is 5.26. The smallest absolute Gasteiger partial charge is 0.0604 e. The van der Waals surface area contributed by atoms with Crippen molar-refractivity contribution in [3.63, 3.8) is 0 Å². The summed E-state index contributed by atoms with van der Waals surface area (Å²) in [6.45, 7) is 2.95. The normalized spacial score (nSPS) is 35.8. The summed E-state index contributed by atoms with van der Waals surface area (Å²) in [5.41, 5.74) is 0. The van der Waals surface area contributed by atoms with Crippen molar-refractivity contribution >= 4 is 0 Å². The monoisotopic (exact) mass is 169 g/mol. The lowest BCUT2D eigenvalue weighted by molar-refractivity contribution is -0.0147. The number of hydrogen-bond donors (Lipinski definition) is 1. The summed E-state index contributed by atoms with van der Waals surface area (Å²) < 4.78 is 5.50. The van der Waals surface area contributed by atoms with Crippen LogP contribution in [0.1, 0.15) is 39.0 Å². The third-order valence-electron chi connectivity index (χ3n) is 3.07. The van der Waals surface area contributed by atoms with E-state index in [-0.39, 0.29) is 0 Å². The molecule has 2 saturated carbocycles. The van der Waals surface area contributed by atoms with Crippen molar-refractivity contribution in [3.05, 3.63) is 0 Å². The van der Waals surface area contributed by atoms with Gasteiger partial charge in [0.1, 0.15) is 0 Å². The summed E-state index contributed by atoms with van der Waals surface area (Å²) in [4.78, 5) is 0. The summed E-state index contributed by atoms with van der Waals surface area (Å²) in [5.74, 6) is 0. The number of ether oxygens (including phenoxy) is 1. The van der Waals surface area contributed by atoms with Crippen LogP contribution in [0, 0.1) is 0 Å². The highest BCUT2D eigenvalue weighted by Crippen LogP contribution is 2.27. The zero-order valence-electron chi connectivity index (χ0n) is 7.88. The molecule has 0 atom stereocenters. The number of hydrogen-bond acceptors (Lipinski definition) is 2. The van der Waals surface area contributed by atoms with E-state index in [4.69, 9.17) is 4.74 Å². The molecule has 0 spiro atoms. The van der Waals surface area contributed by atoms with Crippen molar-refractivity contribution in [1.29, 1.82) is 0 Å². The maximum atomic E-state index is 5.50. The fraction of sp³-hybridized carbons (Fsp3) is 1.00. The largest absolute Gasteiger partial charge is 0.378 e. The summed E-state index contributed by atoms with van der Waals surface area (Å²) in [6.07, 6.45) is 7.27. The summed E-state index contributed by atoms with van der Waals surface area (Å²) in [7, 11) is 0. The fourth-order valence-corrected chi connectivity index (χ4v) is 1.98. The summed E-state index contributed by atoms with van der Waals surface area (Å²) in [5, 5.41) is 3.66. The molecule has 2 heteroatoms. The molecule has 2 aliphatic rings. The quantitative estimate of drug-likeness (QED) is 0.691. The topological polar surface area (TPSA) is 21.3 Å². The van der Waals surface area contributed by atoms with Gasteiger partial charge in [0.05, 0.1) is 6.10 Å². The van der Waals surface area contributed by atoms with E-state index < -0.39 is 0 Å². The van der Waals surface area contributed by atoms with E-state index in [0.29, 0.717) is 6.10 Å². The van der Waals surface area contributed by atoms with E-state index in [1.54, 1.807) is 0 Å². The standard InChI is InChI=1S/C10H19NO/c1-2-12-10-6-9(7-10)11-8-4-3-5-8/h8-11H,2-7H2,1H3. The van der Waals surface area contributed by atoms with Crippen molar-refractivity contribution in [2.45, 2.75) is 57.2 Å². The molecule has 0 aromatic rings. The second kappa shape index (κ2) is 3.75. The molecule has 12 heavy (non-hydrogen) atoms. The molecule has 1 N–H and O–H groups in total. The average molecular weight is 169 g/mol. The Morgan fingerprint density at radius 3 is 2.50 bits per heavy atom. The maximum absolute atomic E-state index is 5.50. The van der Waals surface area contributed by atoms with Gasteiger partial charge in [-0.05, 0) is 32.6 Å². The van der Waals surface area contributed by atoms with Crippen molar-refractivity contribution < 1.29 is 4.74 Å². The van der Waals surface area contributed by atoms with Crippen LogP contribution in [0.25, 0.3) is 0 Å². The second-order valence-corrected chi connectivity index (χ2v) is 4.04. The molecule has 2 aliphatic carbocycles. The SMILES string of the molecule is CCOC1CC(NC2CCC2)C1. The Kier molecular flexibility index (Phi) is 2.66. The van der Waals surface area contributed by atoms with Gasteiger partial charge >= 0.3 is 0 Å². The molecule has 2 fully saturated rings. The van der Waals surface area contributed by atoms with Gasteiger partial charge < -0.3 is 10.1 Å². The van der Waals surface area contributed by atoms with Gasteiger partial charge in [-0.25, -0.2) is 0 Å². The highest BCUT2D eigenvalue weighted by molar-refractivity contribution is 4.90. The molecule has 0 aliphatic heterocycles. The van der Waals surface area contributed by atoms with Gasteiger partial charge in [-0.15, -0.1) is 0 Å². The van der Waals surface area contributed by atoms with Crippen LogP contribution in [0.4, 0.5) is 0 Å². The molecular weight excluding hydrogens is 150 g/mol. The zero-order valence-corrected chi connectivity index (χ0v) is 7.88. The van der Waals surface area contributed by atoms with Crippen molar-refractivity contribution in [1.82, 2.24) is 5.32 Å². The average Bonchev–Trinajstić information content (AvgIpc) is 1.89.